The zero-order valence-corrected chi connectivity index (χ0v) is 15.6. The molecule has 140 valence electrons. The van der Waals surface area contributed by atoms with Crippen molar-refractivity contribution < 1.29 is 14.6 Å². The maximum absolute atomic E-state index is 12.4. The van der Waals surface area contributed by atoms with Gasteiger partial charge in [0.2, 0.25) is 0 Å². The van der Waals surface area contributed by atoms with Crippen LogP contribution >= 0.6 is 0 Å². The Morgan fingerprint density at radius 3 is 2.30 bits per heavy atom. The molecule has 0 saturated heterocycles. The highest BCUT2D eigenvalue weighted by Crippen LogP contribution is 2.26. The SMILES string of the molecule is Cc1c(CC(C)(C)O)nn(-c2ccccc2)c1NC(=O)Oc1ccccc1. The van der Waals surface area contributed by atoms with E-state index in [4.69, 9.17) is 4.74 Å². The maximum atomic E-state index is 12.4. The molecule has 1 amide bonds. The first-order valence-corrected chi connectivity index (χ1v) is 8.74. The van der Waals surface area contributed by atoms with Gasteiger partial charge in [-0.1, -0.05) is 36.4 Å². The summed E-state index contributed by atoms with van der Waals surface area (Å²) < 4.78 is 6.99. The molecule has 0 saturated carbocycles. The van der Waals surface area contributed by atoms with E-state index in [0.717, 1.165) is 11.3 Å². The zero-order valence-electron chi connectivity index (χ0n) is 15.6. The first-order valence-electron chi connectivity index (χ1n) is 8.74. The number of aliphatic hydroxyl groups is 1. The molecule has 0 fully saturated rings. The number of amides is 1. The highest BCUT2D eigenvalue weighted by molar-refractivity contribution is 5.86. The summed E-state index contributed by atoms with van der Waals surface area (Å²) in [4.78, 5) is 12.4. The monoisotopic (exact) mass is 365 g/mol. The van der Waals surface area contributed by atoms with E-state index in [1.807, 2.05) is 43.3 Å². The average molecular weight is 365 g/mol. The van der Waals surface area contributed by atoms with Gasteiger partial charge in [-0.2, -0.15) is 5.10 Å². The first kappa shape index (κ1) is 18.7. The Hall–Kier alpha value is -3.12. The lowest BCUT2D eigenvalue weighted by atomic mass is 10.0. The van der Waals surface area contributed by atoms with Crippen molar-refractivity contribution in [1.29, 1.82) is 0 Å². The van der Waals surface area contributed by atoms with E-state index in [0.29, 0.717) is 23.7 Å². The van der Waals surface area contributed by atoms with Crippen LogP contribution in [0.2, 0.25) is 0 Å². The fourth-order valence-electron chi connectivity index (χ4n) is 2.74. The molecule has 0 aliphatic carbocycles. The zero-order chi connectivity index (χ0) is 19.4. The number of rotatable bonds is 5. The van der Waals surface area contributed by atoms with Gasteiger partial charge in [-0.15, -0.1) is 0 Å². The van der Waals surface area contributed by atoms with E-state index in [-0.39, 0.29) is 0 Å². The lowest BCUT2D eigenvalue weighted by Gasteiger charge is -2.15. The summed E-state index contributed by atoms with van der Waals surface area (Å²) in [5.41, 5.74) is 1.38. The number of carbonyl (C=O) groups is 1. The number of nitrogens with one attached hydrogen (secondary N) is 1. The molecular formula is C21H23N3O3. The normalized spacial score (nSPS) is 11.3. The Balaban J connectivity index is 1.93. The number of ether oxygens (including phenoxy) is 1. The predicted octanol–water partition coefficient (Wildman–Crippen LogP) is 4.11. The second-order valence-electron chi connectivity index (χ2n) is 6.98. The van der Waals surface area contributed by atoms with E-state index in [1.165, 1.54) is 0 Å². The molecule has 0 atom stereocenters. The molecule has 1 heterocycles. The molecule has 1 aromatic heterocycles. The summed E-state index contributed by atoms with van der Waals surface area (Å²) in [5, 5.41) is 17.6. The van der Waals surface area contributed by atoms with E-state index >= 15 is 0 Å². The van der Waals surface area contributed by atoms with Gasteiger partial charge < -0.3 is 9.84 Å². The molecular weight excluding hydrogens is 342 g/mol. The fourth-order valence-corrected chi connectivity index (χ4v) is 2.74. The summed E-state index contributed by atoms with van der Waals surface area (Å²) in [6.45, 7) is 5.32. The Labute approximate surface area is 158 Å². The summed E-state index contributed by atoms with van der Waals surface area (Å²) in [7, 11) is 0. The molecule has 0 spiro atoms. The second-order valence-corrected chi connectivity index (χ2v) is 6.98. The standard InChI is InChI=1S/C21H23N3O3/c1-15-18(14-21(2,3)26)23-24(16-10-6-4-7-11-16)19(15)22-20(25)27-17-12-8-5-9-13-17/h4-13,26H,14H2,1-3H3,(H,22,25). The van der Waals surface area contributed by atoms with Crippen molar-refractivity contribution in [3.63, 3.8) is 0 Å². The van der Waals surface area contributed by atoms with Crippen LogP contribution in [0.4, 0.5) is 10.6 Å². The van der Waals surface area contributed by atoms with Gasteiger partial charge in [0.25, 0.3) is 0 Å². The minimum Gasteiger partial charge on any atom is -0.410 e. The average Bonchev–Trinajstić information content (AvgIpc) is 2.91. The number of para-hydroxylation sites is 2. The van der Waals surface area contributed by atoms with Gasteiger partial charge in [0, 0.05) is 12.0 Å². The van der Waals surface area contributed by atoms with Gasteiger partial charge in [0.1, 0.15) is 11.6 Å². The maximum Gasteiger partial charge on any atom is 0.418 e. The molecule has 0 bridgehead atoms. The molecule has 0 aliphatic heterocycles. The number of aromatic nitrogens is 2. The topological polar surface area (TPSA) is 76.4 Å². The van der Waals surface area contributed by atoms with Gasteiger partial charge >= 0.3 is 6.09 Å². The molecule has 2 aromatic carbocycles. The molecule has 0 unspecified atom stereocenters. The lowest BCUT2D eigenvalue weighted by Crippen LogP contribution is -2.22. The van der Waals surface area contributed by atoms with Crippen LogP contribution in [0.15, 0.2) is 60.7 Å². The highest BCUT2D eigenvalue weighted by Gasteiger charge is 2.23. The van der Waals surface area contributed by atoms with Gasteiger partial charge in [-0.25, -0.2) is 9.48 Å². The number of nitrogens with zero attached hydrogens (tertiary/aromatic N) is 2. The van der Waals surface area contributed by atoms with Crippen LogP contribution in [-0.2, 0) is 6.42 Å². The number of anilines is 1. The van der Waals surface area contributed by atoms with E-state index in [9.17, 15) is 9.90 Å². The van der Waals surface area contributed by atoms with E-state index in [2.05, 4.69) is 10.4 Å². The number of benzene rings is 2. The largest absolute Gasteiger partial charge is 0.418 e. The van der Waals surface area contributed by atoms with Crippen molar-refractivity contribution in [2.45, 2.75) is 32.8 Å². The Bertz CT molecular complexity index is 913. The third kappa shape index (κ3) is 4.74. The van der Waals surface area contributed by atoms with Crippen molar-refractivity contribution in [3.8, 4) is 11.4 Å². The number of hydrogen-bond acceptors (Lipinski definition) is 4. The van der Waals surface area contributed by atoms with Crippen LogP contribution in [0.5, 0.6) is 5.75 Å². The molecule has 3 rings (SSSR count). The Kier molecular flexibility index (Phi) is 5.28. The molecule has 0 radical (unpaired) electrons. The predicted molar refractivity (Wildman–Crippen MR) is 104 cm³/mol. The van der Waals surface area contributed by atoms with Crippen LogP contribution in [-0.4, -0.2) is 26.6 Å². The molecule has 6 nitrogen and oxygen atoms in total. The third-order valence-corrected chi connectivity index (χ3v) is 4.00. The Morgan fingerprint density at radius 1 is 1.11 bits per heavy atom. The van der Waals surface area contributed by atoms with Crippen molar-refractivity contribution in [3.05, 3.63) is 71.9 Å². The number of carbonyl (C=O) groups excluding carboxylic acids is 1. The molecule has 6 heteroatoms. The van der Waals surface area contributed by atoms with E-state index < -0.39 is 11.7 Å². The van der Waals surface area contributed by atoms with Crippen LogP contribution in [0, 0.1) is 6.92 Å². The van der Waals surface area contributed by atoms with Crippen molar-refractivity contribution in [1.82, 2.24) is 9.78 Å². The van der Waals surface area contributed by atoms with Crippen LogP contribution in [0.25, 0.3) is 5.69 Å². The van der Waals surface area contributed by atoms with Crippen molar-refractivity contribution in [2.24, 2.45) is 0 Å². The summed E-state index contributed by atoms with van der Waals surface area (Å²) in [6.07, 6.45) is -0.239. The van der Waals surface area contributed by atoms with Crippen LogP contribution in [0.3, 0.4) is 0 Å². The van der Waals surface area contributed by atoms with Gasteiger partial charge in [0.05, 0.1) is 17.0 Å². The molecule has 3 aromatic rings. The fraction of sp³-hybridized carbons (Fsp3) is 0.238. The summed E-state index contributed by atoms with van der Waals surface area (Å²) in [6, 6.07) is 18.4. The number of hydrogen-bond donors (Lipinski definition) is 2. The second kappa shape index (κ2) is 7.63. The Morgan fingerprint density at radius 2 is 1.70 bits per heavy atom. The molecule has 2 N–H and O–H groups in total. The van der Waals surface area contributed by atoms with Crippen molar-refractivity contribution in [2.75, 3.05) is 5.32 Å². The molecule has 27 heavy (non-hydrogen) atoms. The van der Waals surface area contributed by atoms with Crippen LogP contribution < -0.4 is 10.1 Å². The smallest absolute Gasteiger partial charge is 0.410 e. The minimum absolute atomic E-state index is 0.362. The quantitative estimate of drug-likeness (QED) is 0.713. The van der Waals surface area contributed by atoms with Gasteiger partial charge in [0.15, 0.2) is 0 Å². The minimum atomic E-state index is -0.914. The summed E-state index contributed by atoms with van der Waals surface area (Å²) >= 11 is 0. The van der Waals surface area contributed by atoms with E-state index in [1.54, 1.807) is 42.8 Å². The van der Waals surface area contributed by atoms with Crippen LogP contribution in [0.1, 0.15) is 25.1 Å². The lowest BCUT2D eigenvalue weighted by molar-refractivity contribution is 0.0797. The van der Waals surface area contributed by atoms with Crippen molar-refractivity contribution >= 4 is 11.9 Å². The third-order valence-electron chi connectivity index (χ3n) is 4.00. The summed E-state index contributed by atoms with van der Waals surface area (Å²) in [5.74, 6) is 0.969. The van der Waals surface area contributed by atoms with Gasteiger partial charge in [-0.05, 0) is 45.0 Å². The first-order chi connectivity index (χ1) is 12.8. The highest BCUT2D eigenvalue weighted by atomic mass is 16.6. The van der Waals surface area contributed by atoms with Gasteiger partial charge in [-0.3, -0.25) is 5.32 Å². The molecule has 0 aliphatic rings.